The van der Waals surface area contributed by atoms with E-state index in [1.807, 2.05) is 0 Å². The topological polar surface area (TPSA) is 25.8 Å². The number of nitrogens with zero attached hydrogens (tertiary/aromatic N) is 3. The van der Waals surface area contributed by atoms with Crippen LogP contribution in [0.25, 0.3) is 88.9 Å². The second kappa shape index (κ2) is 14.3. The minimum atomic E-state index is -1.64. The van der Waals surface area contributed by atoms with Crippen LogP contribution in [0.15, 0.2) is 163 Å². The molecule has 322 valence electrons. The summed E-state index contributed by atoms with van der Waals surface area (Å²) in [5.74, 6) is 1.66. The van der Waals surface area contributed by atoms with E-state index in [1.165, 1.54) is 88.3 Å². The number of para-hydroxylation sites is 2. The fourth-order valence-electron chi connectivity index (χ4n) is 12.3. The lowest BCUT2D eigenvalue weighted by molar-refractivity contribution is -0.719. The first-order valence-corrected chi connectivity index (χ1v) is 27.6. The molecular formula is C61H55N3OSi+2. The number of allylic oxidation sites excluding steroid dienone is 1. The summed E-state index contributed by atoms with van der Waals surface area (Å²) in [5.41, 5.74) is 19.6. The van der Waals surface area contributed by atoms with Gasteiger partial charge in [-0.2, -0.15) is 13.7 Å². The summed E-state index contributed by atoms with van der Waals surface area (Å²) in [6.07, 6.45) is 5.21. The SMILES string of the molecule is C=C1CC2C(CCc3ccc4c5oc6c4ccc4cccc(c46)C(C)c4cc(-c6ccccc6)cc(C(C)C)c4-n4c([n+]1c1ccccc14)-c35)c1ccccc1-c1ccc([Si](C)(C)C)c[n+]12. The molecule has 0 amide bonds. The largest absolute Gasteiger partial charge is 0.454 e. The van der Waals surface area contributed by atoms with Crippen molar-refractivity contribution in [1.29, 1.82) is 0 Å². The van der Waals surface area contributed by atoms with Crippen LogP contribution in [0.4, 0.5) is 0 Å². The highest BCUT2D eigenvalue weighted by Gasteiger charge is 2.45. The van der Waals surface area contributed by atoms with Crippen molar-refractivity contribution in [3.05, 3.63) is 186 Å². The number of benzene rings is 7. The van der Waals surface area contributed by atoms with Crippen LogP contribution in [0.1, 0.15) is 85.2 Å². The molecule has 0 saturated heterocycles. The van der Waals surface area contributed by atoms with Crippen molar-refractivity contribution in [3.63, 3.8) is 0 Å². The molecule has 3 aliphatic heterocycles. The zero-order valence-electron chi connectivity index (χ0n) is 38.8. The zero-order valence-corrected chi connectivity index (χ0v) is 39.8. The lowest BCUT2D eigenvalue weighted by Gasteiger charge is -2.32. The van der Waals surface area contributed by atoms with Crippen molar-refractivity contribution in [3.8, 4) is 39.5 Å². The molecule has 3 atom stereocenters. The molecule has 10 aromatic rings. The molecule has 3 aromatic heterocycles. The Labute approximate surface area is 388 Å². The molecule has 0 fully saturated rings. The third-order valence-electron chi connectivity index (χ3n) is 15.6. The summed E-state index contributed by atoms with van der Waals surface area (Å²) in [6, 6.07) is 55.5. The van der Waals surface area contributed by atoms with Crippen molar-refractivity contribution in [2.24, 2.45) is 0 Å². The van der Waals surface area contributed by atoms with E-state index in [9.17, 15) is 0 Å². The van der Waals surface area contributed by atoms with Crippen molar-refractivity contribution in [1.82, 2.24) is 4.57 Å². The highest BCUT2D eigenvalue weighted by molar-refractivity contribution is 6.88. The molecule has 2 bridgehead atoms. The molecular weight excluding hydrogens is 819 g/mol. The van der Waals surface area contributed by atoms with Gasteiger partial charge in [-0.3, -0.25) is 0 Å². The summed E-state index contributed by atoms with van der Waals surface area (Å²) in [5, 5.41) is 6.22. The molecule has 4 nitrogen and oxygen atoms in total. The summed E-state index contributed by atoms with van der Waals surface area (Å²) in [7, 11) is -1.64. The highest BCUT2D eigenvalue weighted by Crippen LogP contribution is 2.50. The van der Waals surface area contributed by atoms with Gasteiger partial charge in [0, 0.05) is 55.9 Å². The van der Waals surface area contributed by atoms with Crippen LogP contribution < -0.4 is 14.3 Å². The first kappa shape index (κ1) is 39.5. The van der Waals surface area contributed by atoms with Crippen LogP contribution in [0, 0.1) is 0 Å². The lowest BCUT2D eigenvalue weighted by atomic mass is 9.77. The van der Waals surface area contributed by atoms with Crippen LogP contribution >= 0.6 is 0 Å². The Hall–Kier alpha value is -6.82. The Morgan fingerprint density at radius 2 is 1.48 bits per heavy atom. The van der Waals surface area contributed by atoms with Gasteiger partial charge >= 0.3 is 5.82 Å². The molecule has 0 radical (unpaired) electrons. The molecule has 66 heavy (non-hydrogen) atoms. The van der Waals surface area contributed by atoms with Crippen molar-refractivity contribution in [2.75, 3.05) is 0 Å². The molecule has 5 heteroatoms. The quantitative estimate of drug-likeness (QED) is 0.128. The van der Waals surface area contributed by atoms with Crippen LogP contribution in [0.3, 0.4) is 0 Å². The summed E-state index contributed by atoms with van der Waals surface area (Å²) < 4.78 is 15.4. The third kappa shape index (κ3) is 5.62. The Morgan fingerprint density at radius 3 is 2.32 bits per heavy atom. The van der Waals surface area contributed by atoms with Crippen LogP contribution in [0.5, 0.6) is 0 Å². The van der Waals surface area contributed by atoms with Gasteiger partial charge in [0.1, 0.15) is 22.5 Å². The van der Waals surface area contributed by atoms with Gasteiger partial charge < -0.3 is 4.42 Å². The smallest absolute Gasteiger partial charge is 0.304 e. The minimum Gasteiger partial charge on any atom is -0.454 e. The lowest BCUT2D eigenvalue weighted by Crippen LogP contribution is -2.53. The first-order chi connectivity index (χ1) is 32.0. The number of pyridine rings is 1. The molecule has 3 aliphatic rings. The van der Waals surface area contributed by atoms with Crippen molar-refractivity contribution < 1.29 is 13.6 Å². The zero-order chi connectivity index (χ0) is 44.7. The van der Waals surface area contributed by atoms with Crippen LogP contribution in [-0.4, -0.2) is 12.6 Å². The molecule has 0 aliphatic carbocycles. The summed E-state index contributed by atoms with van der Waals surface area (Å²) >= 11 is 0. The van der Waals surface area contributed by atoms with E-state index < -0.39 is 8.07 Å². The van der Waals surface area contributed by atoms with Gasteiger partial charge in [-0.25, -0.2) is 0 Å². The van der Waals surface area contributed by atoms with E-state index in [-0.39, 0.29) is 23.8 Å². The van der Waals surface area contributed by atoms with E-state index in [0.717, 1.165) is 52.9 Å². The van der Waals surface area contributed by atoms with Gasteiger partial charge in [0.05, 0.1) is 14.5 Å². The Morgan fingerprint density at radius 1 is 0.727 bits per heavy atom. The van der Waals surface area contributed by atoms with Crippen LogP contribution in [-0.2, 0) is 6.42 Å². The maximum Gasteiger partial charge on any atom is 0.304 e. The second-order valence-corrected chi connectivity index (χ2v) is 25.8. The van der Waals surface area contributed by atoms with E-state index >= 15 is 0 Å². The minimum absolute atomic E-state index is 0.0250. The van der Waals surface area contributed by atoms with Crippen molar-refractivity contribution in [2.45, 2.75) is 83.5 Å². The monoisotopic (exact) mass is 873 g/mol. The van der Waals surface area contributed by atoms with Gasteiger partial charge in [-0.15, -0.1) is 0 Å². The predicted molar refractivity (Wildman–Crippen MR) is 276 cm³/mol. The average Bonchev–Trinajstić information content (AvgIpc) is 3.88. The molecule has 6 heterocycles. The van der Waals surface area contributed by atoms with E-state index in [4.69, 9.17) is 11.0 Å². The first-order valence-electron chi connectivity index (χ1n) is 24.1. The van der Waals surface area contributed by atoms with Gasteiger partial charge in [0.2, 0.25) is 5.69 Å². The molecule has 0 saturated carbocycles. The number of hydrogen-bond acceptors (Lipinski definition) is 1. The molecule has 13 rings (SSSR count). The third-order valence-corrected chi connectivity index (χ3v) is 17.6. The average molecular weight is 874 g/mol. The number of aryl methyl sites for hydroxylation is 1. The Balaban J connectivity index is 1.19. The highest BCUT2D eigenvalue weighted by atomic mass is 28.3. The predicted octanol–water partition coefficient (Wildman–Crippen LogP) is 14.5. The number of aromatic nitrogens is 3. The molecule has 7 aromatic carbocycles. The van der Waals surface area contributed by atoms with E-state index in [0.29, 0.717) is 0 Å². The van der Waals surface area contributed by atoms with Crippen molar-refractivity contribution >= 4 is 62.7 Å². The Kier molecular flexibility index (Phi) is 8.59. The van der Waals surface area contributed by atoms with E-state index in [1.54, 1.807) is 0 Å². The number of hydrogen-bond donors (Lipinski definition) is 0. The summed E-state index contributed by atoms with van der Waals surface area (Å²) in [6.45, 7) is 19.8. The summed E-state index contributed by atoms with van der Waals surface area (Å²) in [4.78, 5) is 0. The molecule has 0 N–H and O–H groups in total. The number of furan rings is 1. The van der Waals surface area contributed by atoms with Gasteiger partial charge in [0.15, 0.2) is 28.9 Å². The van der Waals surface area contributed by atoms with Gasteiger partial charge in [0.25, 0.3) is 0 Å². The Bertz CT molecular complexity index is 3690. The fraction of sp³-hybridized carbons (Fsp3) is 0.213. The van der Waals surface area contributed by atoms with Gasteiger partial charge in [-0.1, -0.05) is 150 Å². The van der Waals surface area contributed by atoms with E-state index in [2.05, 4.69) is 206 Å². The normalized spacial score (nSPS) is 17.7. The maximum absolute atomic E-state index is 7.56. The van der Waals surface area contributed by atoms with Crippen LogP contribution in [0.2, 0.25) is 19.6 Å². The van der Waals surface area contributed by atoms with Gasteiger partial charge in [-0.05, 0) is 88.4 Å². The fourth-order valence-corrected chi connectivity index (χ4v) is 13.4. The standard InChI is InChI=1S/C61H55N3OSi/c1-36(2)50-33-42(39-16-9-8-10-17-39)34-51-38(4)44-21-15-18-40-25-29-48-49-30-26-41-24-28-47-45-19-11-12-20-46(45)52-31-27-43(66(5,6)7)35-62(52)55(47)32-37(3)63-53-22-13-14-23-54(53)64(58(50)51)61(63)57(41)60(49)65-59(48)56(40)44/h8-23,25-27,29-31,33-36,38,47,55H,3,24,28,32H2,1-2,4-7H3/q+2. The number of rotatable bonds is 3. The molecule has 3 unspecified atom stereocenters. The maximum atomic E-state index is 7.56. The number of fused-ring (bicyclic) bond motifs is 12. The molecule has 0 spiro atoms. The second-order valence-electron chi connectivity index (χ2n) is 20.7. The number of imidazole rings is 1.